The number of rotatable bonds is 10. The van der Waals surface area contributed by atoms with Crippen LogP contribution in [0.5, 0.6) is 11.5 Å². The molecule has 0 aromatic heterocycles. The molecule has 0 saturated carbocycles. The van der Waals surface area contributed by atoms with Gasteiger partial charge >= 0.3 is 5.97 Å². The number of para-hydroxylation sites is 1. The second kappa shape index (κ2) is 14.1. The van der Waals surface area contributed by atoms with Gasteiger partial charge in [0.15, 0.2) is 0 Å². The van der Waals surface area contributed by atoms with Gasteiger partial charge in [0.25, 0.3) is 0 Å². The number of nitrogens with zero attached hydrogens (tertiary/aromatic N) is 2. The molecule has 8 nitrogen and oxygen atoms in total. The molecule has 0 spiro atoms. The van der Waals surface area contributed by atoms with Crippen LogP contribution >= 0.6 is 15.9 Å². The van der Waals surface area contributed by atoms with Crippen LogP contribution in [0.3, 0.4) is 0 Å². The van der Waals surface area contributed by atoms with E-state index in [0.29, 0.717) is 10.0 Å². The highest BCUT2D eigenvalue weighted by atomic mass is 79.9. The van der Waals surface area contributed by atoms with E-state index in [4.69, 9.17) is 9.47 Å². The average Bonchev–Trinajstić information content (AvgIpc) is 3.05. The van der Waals surface area contributed by atoms with E-state index in [1.54, 1.807) is 18.2 Å². The van der Waals surface area contributed by atoms with Crippen molar-refractivity contribution in [1.29, 1.82) is 0 Å². The number of carboxylic acids is 1. The number of methoxy groups -OCH3 is 2. The van der Waals surface area contributed by atoms with E-state index < -0.39 is 5.97 Å². The molecule has 1 saturated heterocycles. The van der Waals surface area contributed by atoms with Gasteiger partial charge in [-0.25, -0.2) is 9.80 Å². The minimum Gasteiger partial charge on any atom is -0.497 e. The zero-order valence-corrected chi connectivity index (χ0v) is 27.6. The van der Waals surface area contributed by atoms with E-state index in [9.17, 15) is 14.7 Å². The van der Waals surface area contributed by atoms with Gasteiger partial charge in [-0.05, 0) is 103 Å². The van der Waals surface area contributed by atoms with Gasteiger partial charge in [-0.1, -0.05) is 46.3 Å². The molecule has 1 aliphatic heterocycles. The highest BCUT2D eigenvalue weighted by molar-refractivity contribution is 9.10. The topological polar surface area (TPSA) is 91.3 Å². The summed E-state index contributed by atoms with van der Waals surface area (Å²) >= 11 is 3.49. The summed E-state index contributed by atoms with van der Waals surface area (Å²) in [4.78, 5) is 28.5. The number of carboxylic acid groups (broad SMARTS) is 1. The first-order valence-corrected chi connectivity index (χ1v) is 15.8. The van der Waals surface area contributed by atoms with Gasteiger partial charge in [0.05, 0.1) is 37.7 Å². The Hall–Kier alpha value is -4.50. The molecule has 45 heavy (non-hydrogen) atoms. The zero-order chi connectivity index (χ0) is 32.1. The van der Waals surface area contributed by atoms with Crippen molar-refractivity contribution in [2.45, 2.75) is 39.5 Å². The number of aromatic carboxylic acids is 1. The number of anilines is 3. The normalized spacial score (nSPS) is 12.9. The number of hydrazine groups is 1. The van der Waals surface area contributed by atoms with Crippen LogP contribution in [-0.2, 0) is 11.2 Å². The van der Waals surface area contributed by atoms with Gasteiger partial charge in [-0.15, -0.1) is 0 Å². The Balaban J connectivity index is 1.54. The van der Waals surface area contributed by atoms with Crippen LogP contribution in [0.4, 0.5) is 17.1 Å². The van der Waals surface area contributed by atoms with Crippen molar-refractivity contribution in [2.24, 2.45) is 0 Å². The number of halogens is 1. The van der Waals surface area contributed by atoms with Gasteiger partial charge < -0.3 is 19.5 Å². The largest absolute Gasteiger partial charge is 0.497 e. The van der Waals surface area contributed by atoms with Gasteiger partial charge in [0.2, 0.25) is 5.91 Å². The van der Waals surface area contributed by atoms with E-state index in [2.05, 4.69) is 45.3 Å². The summed E-state index contributed by atoms with van der Waals surface area (Å²) in [6, 6.07) is 23.2. The number of carbonyl (C=O) groups is 2. The maximum absolute atomic E-state index is 14.4. The second-order valence-electron chi connectivity index (χ2n) is 11.2. The van der Waals surface area contributed by atoms with Gasteiger partial charge in [0, 0.05) is 17.6 Å². The predicted molar refractivity (Wildman–Crippen MR) is 183 cm³/mol. The summed E-state index contributed by atoms with van der Waals surface area (Å²) in [7, 11) is 3.07. The fraction of sp³-hybridized carbons (Fsp3) is 0.278. The van der Waals surface area contributed by atoms with Gasteiger partial charge in [-0.3, -0.25) is 10.2 Å². The number of hydrogen-bond donors (Lipinski definition) is 2. The van der Waals surface area contributed by atoms with Crippen molar-refractivity contribution in [3.8, 4) is 22.6 Å². The molecule has 9 heteroatoms. The first-order valence-electron chi connectivity index (χ1n) is 15.0. The summed E-state index contributed by atoms with van der Waals surface area (Å²) < 4.78 is 11.2. The molecular formula is C36H38BrN3O5. The Morgan fingerprint density at radius 2 is 1.64 bits per heavy atom. The molecule has 2 N–H and O–H groups in total. The molecule has 234 valence electrons. The van der Waals surface area contributed by atoms with Crippen molar-refractivity contribution >= 4 is 44.9 Å². The lowest BCUT2D eigenvalue weighted by Crippen LogP contribution is -2.40. The Labute approximate surface area is 272 Å². The van der Waals surface area contributed by atoms with Crippen molar-refractivity contribution in [3.63, 3.8) is 0 Å². The molecule has 0 aliphatic carbocycles. The van der Waals surface area contributed by atoms with Crippen LogP contribution in [0, 0.1) is 13.8 Å². The molecular weight excluding hydrogens is 634 g/mol. The first kappa shape index (κ1) is 31.9. The monoisotopic (exact) mass is 671 g/mol. The quantitative estimate of drug-likeness (QED) is 0.165. The number of ether oxygens (including phenoxy) is 2. The lowest BCUT2D eigenvalue weighted by Gasteiger charge is -2.35. The Bertz CT molecular complexity index is 1700. The highest BCUT2D eigenvalue weighted by Crippen LogP contribution is 2.37. The summed E-state index contributed by atoms with van der Waals surface area (Å²) in [5.74, 6) is -0.311. The maximum Gasteiger partial charge on any atom is 0.339 e. The number of carbonyl (C=O) groups excluding carboxylic acids is 1. The minimum absolute atomic E-state index is 0.000526. The van der Waals surface area contributed by atoms with Crippen molar-refractivity contribution in [1.82, 2.24) is 0 Å². The zero-order valence-electron chi connectivity index (χ0n) is 26.0. The third-order valence-corrected chi connectivity index (χ3v) is 8.93. The molecule has 4 aromatic carbocycles. The van der Waals surface area contributed by atoms with E-state index in [1.807, 2.05) is 55.5 Å². The average molecular weight is 673 g/mol. The van der Waals surface area contributed by atoms with Crippen molar-refractivity contribution in [2.75, 3.05) is 42.6 Å². The third-order valence-electron chi connectivity index (χ3n) is 8.20. The van der Waals surface area contributed by atoms with E-state index in [1.165, 1.54) is 19.6 Å². The molecule has 0 atom stereocenters. The molecule has 5 rings (SSSR count). The molecule has 0 bridgehead atoms. The highest BCUT2D eigenvalue weighted by Gasteiger charge is 2.26. The van der Waals surface area contributed by atoms with Crippen LogP contribution in [0.1, 0.15) is 46.3 Å². The first-order chi connectivity index (χ1) is 21.7. The number of benzene rings is 4. The smallest absolute Gasteiger partial charge is 0.339 e. The van der Waals surface area contributed by atoms with Gasteiger partial charge in [-0.2, -0.15) is 0 Å². The number of amides is 1. The molecule has 0 radical (unpaired) electrons. The van der Waals surface area contributed by atoms with Crippen LogP contribution in [0.2, 0.25) is 0 Å². The van der Waals surface area contributed by atoms with Crippen LogP contribution < -0.4 is 24.8 Å². The maximum atomic E-state index is 14.4. The van der Waals surface area contributed by atoms with Crippen LogP contribution in [0.25, 0.3) is 11.1 Å². The molecule has 0 unspecified atom stereocenters. The predicted octanol–water partition coefficient (Wildman–Crippen LogP) is 8.04. The Kier molecular flexibility index (Phi) is 9.98. The fourth-order valence-corrected chi connectivity index (χ4v) is 6.32. The molecule has 1 fully saturated rings. The number of nitrogens with one attached hydrogen (secondary N) is 1. The molecule has 1 heterocycles. The van der Waals surface area contributed by atoms with E-state index in [-0.39, 0.29) is 23.6 Å². The van der Waals surface area contributed by atoms with E-state index >= 15 is 0 Å². The van der Waals surface area contributed by atoms with Crippen molar-refractivity contribution < 1.29 is 24.2 Å². The summed E-state index contributed by atoms with van der Waals surface area (Å²) in [6.45, 7) is 5.92. The molecule has 4 aromatic rings. The lowest BCUT2D eigenvalue weighted by atomic mass is 10.00. The van der Waals surface area contributed by atoms with Crippen LogP contribution in [0.15, 0.2) is 77.3 Å². The Morgan fingerprint density at radius 1 is 0.911 bits per heavy atom. The summed E-state index contributed by atoms with van der Waals surface area (Å²) in [5, 5.41) is 11.3. The summed E-state index contributed by atoms with van der Waals surface area (Å²) in [6.07, 6.45) is 3.40. The molecule has 1 amide bonds. The number of aryl methyl sites for hydroxylation is 2. The second-order valence-corrected chi connectivity index (χ2v) is 12.1. The SMILES string of the molecule is COc1ccc(-c2ccc(NN(C(=O)Cc3cc(OC)c(C(=O)O)cc3Br)c3c(C)cccc3N3CCCCC3)cc2C)cc1. The number of piperidine rings is 1. The summed E-state index contributed by atoms with van der Waals surface area (Å²) in [5.41, 5.74) is 10.8. The number of hydrogen-bond acceptors (Lipinski definition) is 6. The standard InChI is InChI=1S/C36H38BrN3O5/c1-23-9-8-10-32(39-17-6-5-7-18-39)35(23)40(34(41)21-26-20-33(45-4)30(36(42)43)22-31(26)37)38-27-13-16-29(24(2)19-27)25-11-14-28(44-3)15-12-25/h8-16,19-20,22,38H,5-7,17-18,21H2,1-4H3,(H,42,43). The van der Waals surface area contributed by atoms with Crippen LogP contribution in [-0.4, -0.2) is 44.3 Å². The minimum atomic E-state index is -1.10. The third kappa shape index (κ3) is 7.09. The molecule has 1 aliphatic rings. The fourth-order valence-electron chi connectivity index (χ4n) is 5.83. The van der Waals surface area contributed by atoms with Gasteiger partial charge in [0.1, 0.15) is 17.1 Å². The van der Waals surface area contributed by atoms with Crippen molar-refractivity contribution in [3.05, 3.63) is 99.5 Å². The lowest BCUT2D eigenvalue weighted by molar-refractivity contribution is -0.117. The Morgan fingerprint density at radius 3 is 2.29 bits per heavy atom. The van der Waals surface area contributed by atoms with E-state index in [0.717, 1.165) is 71.0 Å².